The summed E-state index contributed by atoms with van der Waals surface area (Å²) in [5, 5.41) is 5.59. The summed E-state index contributed by atoms with van der Waals surface area (Å²) in [6, 6.07) is 8.00. The number of nitrogens with zero attached hydrogens (tertiary/aromatic N) is 1. The van der Waals surface area contributed by atoms with Gasteiger partial charge >= 0.3 is 6.18 Å². The van der Waals surface area contributed by atoms with Gasteiger partial charge in [0.2, 0.25) is 5.91 Å². The number of hydrogen-bond acceptors (Lipinski definition) is 3. The minimum absolute atomic E-state index is 0.170. The van der Waals surface area contributed by atoms with Crippen molar-refractivity contribution in [3.63, 3.8) is 0 Å². The lowest BCUT2D eigenvalue weighted by atomic mass is 9.95. The number of alkyl halides is 3. The Bertz CT molecular complexity index is 1180. The maximum atomic E-state index is 13.9. The van der Waals surface area contributed by atoms with E-state index in [9.17, 15) is 31.1 Å². The Morgan fingerprint density at radius 3 is 2.20 bits per heavy atom. The fourth-order valence-electron chi connectivity index (χ4n) is 3.64. The molecule has 2 N–H and O–H groups in total. The van der Waals surface area contributed by atoms with E-state index in [1.807, 2.05) is 0 Å². The first-order valence-electron chi connectivity index (χ1n) is 10.7. The van der Waals surface area contributed by atoms with Crippen LogP contribution in [0.3, 0.4) is 0 Å². The lowest BCUT2D eigenvalue weighted by Gasteiger charge is -2.26. The summed E-state index contributed by atoms with van der Waals surface area (Å²) in [6.45, 7) is 1.57. The van der Waals surface area contributed by atoms with Crippen LogP contribution in [0.15, 0.2) is 54.7 Å². The molecule has 35 heavy (non-hydrogen) atoms. The van der Waals surface area contributed by atoms with Gasteiger partial charge in [0.15, 0.2) is 11.6 Å². The molecule has 0 aliphatic rings. The van der Waals surface area contributed by atoms with Gasteiger partial charge in [-0.05, 0) is 66.3 Å². The Morgan fingerprint density at radius 1 is 0.943 bits per heavy atom. The minimum atomic E-state index is -4.56. The van der Waals surface area contributed by atoms with Crippen molar-refractivity contribution in [3.8, 4) is 0 Å². The summed E-state index contributed by atoms with van der Waals surface area (Å²) >= 11 is 0. The molecule has 0 fully saturated rings. The second-order valence-corrected chi connectivity index (χ2v) is 8.04. The molecule has 1 aromatic heterocycles. The average molecular weight is 495 g/mol. The van der Waals surface area contributed by atoms with Gasteiger partial charge in [-0.3, -0.25) is 15.1 Å². The molecule has 3 rings (SSSR count). The second-order valence-electron chi connectivity index (χ2n) is 8.04. The van der Waals surface area contributed by atoms with E-state index in [0.717, 1.165) is 24.4 Å². The molecule has 0 unspecified atom stereocenters. The second kappa shape index (κ2) is 10.9. The first-order valence-corrected chi connectivity index (χ1v) is 10.7. The van der Waals surface area contributed by atoms with Gasteiger partial charge in [-0.1, -0.05) is 24.3 Å². The van der Waals surface area contributed by atoms with Crippen LogP contribution in [0.25, 0.3) is 0 Å². The topological polar surface area (TPSA) is 54.0 Å². The molecule has 0 saturated heterocycles. The summed E-state index contributed by atoms with van der Waals surface area (Å²) in [5.74, 6) is -3.13. The molecule has 2 atom stereocenters. The quantitative estimate of drug-likeness (QED) is 0.402. The summed E-state index contributed by atoms with van der Waals surface area (Å²) in [4.78, 5) is 16.1. The van der Waals surface area contributed by atoms with Crippen molar-refractivity contribution < 1.29 is 31.1 Å². The Morgan fingerprint density at radius 2 is 1.63 bits per heavy atom. The van der Waals surface area contributed by atoms with Crippen LogP contribution >= 0.6 is 0 Å². The van der Waals surface area contributed by atoms with Crippen LogP contribution in [0.2, 0.25) is 0 Å². The third-order valence-corrected chi connectivity index (χ3v) is 5.57. The van der Waals surface area contributed by atoms with E-state index in [4.69, 9.17) is 0 Å². The van der Waals surface area contributed by atoms with Crippen LogP contribution < -0.4 is 10.6 Å². The predicted octanol–water partition coefficient (Wildman–Crippen LogP) is 5.58. The maximum Gasteiger partial charge on any atom is 0.433 e. The lowest BCUT2D eigenvalue weighted by molar-refractivity contribution is -0.141. The third-order valence-electron chi connectivity index (χ3n) is 5.57. The third kappa shape index (κ3) is 6.60. The number of pyridine rings is 1. The molecule has 1 amide bonds. The van der Waals surface area contributed by atoms with Gasteiger partial charge < -0.3 is 5.32 Å². The number of hydrogen-bond donors (Lipinski definition) is 2. The Balaban J connectivity index is 1.91. The zero-order valence-corrected chi connectivity index (χ0v) is 18.9. The Hall–Kier alpha value is -3.40. The van der Waals surface area contributed by atoms with E-state index in [1.54, 1.807) is 13.0 Å². The maximum absolute atomic E-state index is 13.9. The number of likely N-dealkylation sites (N-methyl/N-ethyl adjacent to an activating group) is 1. The highest BCUT2D eigenvalue weighted by Gasteiger charge is 2.32. The highest BCUT2D eigenvalue weighted by atomic mass is 19.4. The van der Waals surface area contributed by atoms with Crippen LogP contribution in [0, 0.1) is 24.4 Å². The average Bonchev–Trinajstić information content (AvgIpc) is 2.82. The fraction of sp³-hybridized carbons (Fsp3) is 0.280. The van der Waals surface area contributed by atoms with Crippen LogP contribution in [0.4, 0.5) is 26.3 Å². The molecule has 0 saturated carbocycles. The number of halogens is 6. The van der Waals surface area contributed by atoms with Crippen LogP contribution in [-0.4, -0.2) is 17.9 Å². The van der Waals surface area contributed by atoms with Crippen molar-refractivity contribution in [2.45, 2.75) is 38.0 Å². The number of aryl methyl sites for hydroxylation is 2. The van der Waals surface area contributed by atoms with Gasteiger partial charge in [-0.15, -0.1) is 0 Å². The molecule has 2 aromatic carbocycles. The smallest absolute Gasteiger partial charge is 0.358 e. The molecule has 0 spiro atoms. The molecule has 10 heteroatoms. The number of carbonyl (C=O) groups excluding carboxylic acids is 1. The van der Waals surface area contributed by atoms with Crippen molar-refractivity contribution in [2.24, 2.45) is 0 Å². The molecule has 0 aliphatic heterocycles. The van der Waals surface area contributed by atoms with Crippen molar-refractivity contribution in [3.05, 3.63) is 100 Å². The number of rotatable bonds is 8. The molecule has 0 aliphatic carbocycles. The molecule has 3 aromatic rings. The van der Waals surface area contributed by atoms with Gasteiger partial charge in [0.05, 0.1) is 0 Å². The zero-order valence-electron chi connectivity index (χ0n) is 18.9. The van der Waals surface area contributed by atoms with Gasteiger partial charge in [-0.25, -0.2) is 13.2 Å². The fourth-order valence-corrected chi connectivity index (χ4v) is 3.64. The summed E-state index contributed by atoms with van der Waals surface area (Å²) in [5.41, 5.74) is 0.648. The van der Waals surface area contributed by atoms with Gasteiger partial charge in [0.25, 0.3) is 0 Å². The van der Waals surface area contributed by atoms with E-state index in [0.29, 0.717) is 16.7 Å². The van der Waals surface area contributed by atoms with Crippen LogP contribution in [0.1, 0.15) is 46.5 Å². The standard InChI is InChI=1S/C25H23F6N3O/c1-14-11-16(5-7-18(14)26)21(9-3-15-4-10-22(33-13-15)25(29,30)31)34-23(24(35)32-2)17-6-8-19(27)20(28)12-17/h4-8,10-13,21,23,34H,3,9H2,1-2H3,(H,32,35)/t21-,23+/m0/s1. The largest absolute Gasteiger partial charge is 0.433 e. The highest BCUT2D eigenvalue weighted by molar-refractivity contribution is 5.83. The summed E-state index contributed by atoms with van der Waals surface area (Å²) in [6.07, 6.45) is -2.87. The number of carbonyl (C=O) groups is 1. The van der Waals surface area contributed by atoms with Gasteiger partial charge in [-0.2, -0.15) is 13.2 Å². The number of nitrogens with one attached hydrogen (secondary N) is 2. The molecular formula is C25H23F6N3O. The lowest BCUT2D eigenvalue weighted by Crippen LogP contribution is -2.38. The monoisotopic (exact) mass is 495 g/mol. The number of aromatic nitrogens is 1. The van der Waals surface area contributed by atoms with E-state index in [2.05, 4.69) is 15.6 Å². The van der Waals surface area contributed by atoms with E-state index in [-0.39, 0.29) is 18.4 Å². The van der Waals surface area contributed by atoms with E-state index in [1.165, 1.54) is 31.3 Å². The number of amides is 1. The van der Waals surface area contributed by atoms with Crippen molar-refractivity contribution in [2.75, 3.05) is 7.05 Å². The molecule has 0 radical (unpaired) electrons. The van der Waals surface area contributed by atoms with Crippen molar-refractivity contribution in [1.29, 1.82) is 0 Å². The van der Waals surface area contributed by atoms with Crippen LogP contribution in [-0.2, 0) is 17.4 Å². The predicted molar refractivity (Wildman–Crippen MR) is 118 cm³/mol. The zero-order chi connectivity index (χ0) is 25.8. The van der Waals surface area contributed by atoms with Crippen molar-refractivity contribution >= 4 is 5.91 Å². The van der Waals surface area contributed by atoms with E-state index < -0.39 is 47.3 Å². The number of benzene rings is 2. The normalized spacial score (nSPS) is 13.4. The molecule has 4 nitrogen and oxygen atoms in total. The summed E-state index contributed by atoms with van der Waals surface area (Å²) < 4.78 is 79.6. The molecule has 0 bridgehead atoms. The first kappa shape index (κ1) is 26.2. The van der Waals surface area contributed by atoms with E-state index >= 15 is 0 Å². The summed E-state index contributed by atoms with van der Waals surface area (Å²) in [7, 11) is 1.39. The molecule has 1 heterocycles. The van der Waals surface area contributed by atoms with Gasteiger partial charge in [0, 0.05) is 19.3 Å². The molecular weight excluding hydrogens is 472 g/mol. The van der Waals surface area contributed by atoms with Crippen molar-refractivity contribution in [1.82, 2.24) is 15.6 Å². The Labute approximate surface area is 198 Å². The first-order chi connectivity index (χ1) is 16.5. The highest BCUT2D eigenvalue weighted by Crippen LogP contribution is 2.29. The minimum Gasteiger partial charge on any atom is -0.358 e. The molecule has 186 valence electrons. The SMILES string of the molecule is CNC(=O)[C@H](N[C@@H](CCc1ccc(C(F)(F)F)nc1)c1ccc(F)c(C)c1)c1ccc(F)c(F)c1. The Kier molecular flexibility index (Phi) is 8.16. The van der Waals surface area contributed by atoms with Crippen LogP contribution in [0.5, 0.6) is 0 Å². The van der Waals surface area contributed by atoms with Gasteiger partial charge in [0.1, 0.15) is 17.6 Å².